The minimum absolute atomic E-state index is 0.287. The average Bonchev–Trinajstić information content (AvgIpc) is 2.46. The van der Waals surface area contributed by atoms with Crippen LogP contribution in [0.1, 0.15) is 18.9 Å². The molecule has 0 radical (unpaired) electrons. The molecule has 4 nitrogen and oxygen atoms in total. The molecule has 0 fully saturated rings. The summed E-state index contributed by atoms with van der Waals surface area (Å²) < 4.78 is 5.51. The number of nitrogens with zero attached hydrogens (tertiary/aromatic N) is 2. The van der Waals surface area contributed by atoms with Crippen LogP contribution < -0.4 is 10.1 Å². The number of pyridine rings is 1. The van der Waals surface area contributed by atoms with Crippen molar-refractivity contribution in [1.29, 1.82) is 5.26 Å². The van der Waals surface area contributed by atoms with Gasteiger partial charge in [-0.05, 0) is 42.8 Å². The number of halogens is 1. The number of nitriles is 1. The van der Waals surface area contributed by atoms with Crippen molar-refractivity contribution < 1.29 is 4.74 Å². The third-order valence-electron chi connectivity index (χ3n) is 2.52. The van der Waals surface area contributed by atoms with Gasteiger partial charge in [-0.3, -0.25) is 0 Å². The number of nitrogens with one attached hydrogen (secondary N) is 1. The highest BCUT2D eigenvalue weighted by atomic mass is 35.5. The number of hydrogen-bond donors (Lipinski definition) is 1. The summed E-state index contributed by atoms with van der Waals surface area (Å²) in [5.41, 5.74) is 1.32. The average molecular weight is 288 g/mol. The first-order chi connectivity index (χ1) is 9.71. The summed E-state index contributed by atoms with van der Waals surface area (Å²) in [5, 5.41) is 12.3. The number of anilines is 2. The lowest BCUT2D eigenvalue weighted by molar-refractivity contribution is 0.317. The molecule has 0 atom stereocenters. The quantitative estimate of drug-likeness (QED) is 0.840. The zero-order valence-electron chi connectivity index (χ0n) is 11.1. The van der Waals surface area contributed by atoms with E-state index in [4.69, 9.17) is 21.6 Å². The van der Waals surface area contributed by atoms with Crippen molar-refractivity contribution in [2.75, 3.05) is 11.9 Å². The fourth-order valence-electron chi connectivity index (χ4n) is 1.63. The van der Waals surface area contributed by atoms with Gasteiger partial charge >= 0.3 is 0 Å². The van der Waals surface area contributed by atoms with Gasteiger partial charge in [0.1, 0.15) is 16.7 Å². The zero-order chi connectivity index (χ0) is 14.4. The van der Waals surface area contributed by atoms with Crippen molar-refractivity contribution in [2.45, 2.75) is 13.3 Å². The van der Waals surface area contributed by atoms with E-state index in [0.29, 0.717) is 18.0 Å². The Morgan fingerprint density at radius 3 is 2.70 bits per heavy atom. The Balaban J connectivity index is 2.10. The largest absolute Gasteiger partial charge is 0.494 e. The Kier molecular flexibility index (Phi) is 4.80. The highest BCUT2D eigenvalue weighted by Gasteiger charge is 2.02. The number of aromatic nitrogens is 1. The van der Waals surface area contributed by atoms with Crippen LogP contribution >= 0.6 is 11.6 Å². The van der Waals surface area contributed by atoms with Crippen LogP contribution in [0.4, 0.5) is 11.5 Å². The van der Waals surface area contributed by atoms with Crippen LogP contribution in [-0.4, -0.2) is 11.6 Å². The predicted molar refractivity (Wildman–Crippen MR) is 79.5 cm³/mol. The van der Waals surface area contributed by atoms with Gasteiger partial charge in [0.05, 0.1) is 18.2 Å². The summed E-state index contributed by atoms with van der Waals surface area (Å²) in [6, 6.07) is 12.8. The van der Waals surface area contributed by atoms with Crippen molar-refractivity contribution in [1.82, 2.24) is 4.98 Å². The first kappa shape index (κ1) is 14.2. The van der Waals surface area contributed by atoms with E-state index in [2.05, 4.69) is 17.2 Å². The molecule has 2 aromatic rings. The Morgan fingerprint density at radius 2 is 2.05 bits per heavy atom. The fourth-order valence-corrected chi connectivity index (χ4v) is 1.84. The topological polar surface area (TPSA) is 57.9 Å². The van der Waals surface area contributed by atoms with Gasteiger partial charge in [0.25, 0.3) is 0 Å². The Labute approximate surface area is 123 Å². The lowest BCUT2D eigenvalue weighted by Gasteiger charge is -2.08. The van der Waals surface area contributed by atoms with E-state index in [1.165, 1.54) is 6.07 Å². The molecule has 0 spiro atoms. The van der Waals surface area contributed by atoms with Crippen LogP contribution in [0, 0.1) is 11.3 Å². The summed E-state index contributed by atoms with van der Waals surface area (Å²) in [6.45, 7) is 2.77. The molecule has 1 N–H and O–H groups in total. The van der Waals surface area contributed by atoms with Crippen molar-refractivity contribution in [3.05, 3.63) is 47.1 Å². The third kappa shape index (κ3) is 3.87. The molecule has 0 amide bonds. The molecular formula is C15H14ClN3O. The van der Waals surface area contributed by atoms with E-state index in [0.717, 1.165) is 17.9 Å². The number of ether oxygens (including phenoxy) is 1. The molecule has 0 saturated heterocycles. The van der Waals surface area contributed by atoms with Gasteiger partial charge in [0.2, 0.25) is 0 Å². The molecule has 0 saturated carbocycles. The van der Waals surface area contributed by atoms with E-state index in [-0.39, 0.29) is 5.15 Å². The maximum Gasteiger partial charge on any atom is 0.133 e. The Bertz CT molecular complexity index is 620. The van der Waals surface area contributed by atoms with E-state index in [9.17, 15) is 0 Å². The molecule has 1 heterocycles. The van der Waals surface area contributed by atoms with Gasteiger partial charge in [-0.2, -0.15) is 5.26 Å². The minimum atomic E-state index is 0.287. The number of hydrogen-bond acceptors (Lipinski definition) is 4. The molecule has 102 valence electrons. The summed E-state index contributed by atoms with van der Waals surface area (Å²) in [7, 11) is 0. The SMILES string of the molecule is CCCOc1ccc(Nc2cc(C#N)cc(Cl)n2)cc1. The number of benzene rings is 1. The van der Waals surface area contributed by atoms with E-state index in [1.807, 2.05) is 30.3 Å². The van der Waals surface area contributed by atoms with Gasteiger partial charge in [-0.25, -0.2) is 4.98 Å². The second kappa shape index (κ2) is 6.78. The summed E-state index contributed by atoms with van der Waals surface area (Å²) in [4.78, 5) is 4.12. The van der Waals surface area contributed by atoms with Crippen LogP contribution in [0.5, 0.6) is 5.75 Å². The van der Waals surface area contributed by atoms with Crippen molar-refractivity contribution in [3.8, 4) is 11.8 Å². The summed E-state index contributed by atoms with van der Waals surface area (Å²) >= 11 is 5.86. The van der Waals surface area contributed by atoms with Gasteiger partial charge in [0.15, 0.2) is 0 Å². The lowest BCUT2D eigenvalue weighted by atomic mass is 10.2. The Hall–Kier alpha value is -2.25. The molecule has 1 aromatic heterocycles. The molecule has 0 aliphatic carbocycles. The Morgan fingerprint density at radius 1 is 1.30 bits per heavy atom. The van der Waals surface area contributed by atoms with Crippen LogP contribution in [0.25, 0.3) is 0 Å². The van der Waals surface area contributed by atoms with Gasteiger partial charge in [-0.15, -0.1) is 0 Å². The van der Waals surface area contributed by atoms with Crippen molar-refractivity contribution in [3.63, 3.8) is 0 Å². The second-order valence-corrected chi connectivity index (χ2v) is 4.56. The summed E-state index contributed by atoms with van der Waals surface area (Å²) in [5.74, 6) is 1.37. The van der Waals surface area contributed by atoms with Gasteiger partial charge < -0.3 is 10.1 Å². The first-order valence-corrected chi connectivity index (χ1v) is 6.66. The first-order valence-electron chi connectivity index (χ1n) is 6.29. The predicted octanol–water partition coefficient (Wildman–Crippen LogP) is 4.14. The van der Waals surface area contributed by atoms with Crippen LogP contribution in [0.3, 0.4) is 0 Å². The molecule has 0 aliphatic heterocycles. The highest BCUT2D eigenvalue weighted by molar-refractivity contribution is 6.29. The van der Waals surface area contributed by atoms with Crippen LogP contribution in [-0.2, 0) is 0 Å². The number of rotatable bonds is 5. The molecule has 0 aliphatic rings. The van der Waals surface area contributed by atoms with Crippen molar-refractivity contribution in [2.24, 2.45) is 0 Å². The highest BCUT2D eigenvalue weighted by Crippen LogP contribution is 2.21. The molecule has 5 heteroatoms. The fraction of sp³-hybridized carbons (Fsp3) is 0.200. The van der Waals surface area contributed by atoms with Crippen LogP contribution in [0.2, 0.25) is 5.15 Å². The van der Waals surface area contributed by atoms with Gasteiger partial charge in [0, 0.05) is 5.69 Å². The second-order valence-electron chi connectivity index (χ2n) is 4.17. The molecular weight excluding hydrogens is 274 g/mol. The van der Waals surface area contributed by atoms with Crippen molar-refractivity contribution >= 4 is 23.1 Å². The standard InChI is InChI=1S/C15H14ClN3O/c1-2-7-20-13-5-3-12(4-6-13)18-15-9-11(10-17)8-14(16)19-15/h3-6,8-9H,2,7H2,1H3,(H,18,19). The zero-order valence-corrected chi connectivity index (χ0v) is 11.8. The molecule has 0 bridgehead atoms. The smallest absolute Gasteiger partial charge is 0.133 e. The van der Waals surface area contributed by atoms with E-state index < -0.39 is 0 Å². The molecule has 0 unspecified atom stereocenters. The van der Waals surface area contributed by atoms with E-state index >= 15 is 0 Å². The lowest BCUT2D eigenvalue weighted by Crippen LogP contribution is -1.97. The molecule has 20 heavy (non-hydrogen) atoms. The van der Waals surface area contributed by atoms with Crippen LogP contribution in [0.15, 0.2) is 36.4 Å². The summed E-state index contributed by atoms with van der Waals surface area (Å²) in [6.07, 6.45) is 0.976. The monoisotopic (exact) mass is 287 g/mol. The maximum atomic E-state index is 8.89. The normalized spacial score (nSPS) is 9.85. The minimum Gasteiger partial charge on any atom is -0.494 e. The molecule has 1 aromatic carbocycles. The maximum absolute atomic E-state index is 8.89. The third-order valence-corrected chi connectivity index (χ3v) is 2.72. The van der Waals surface area contributed by atoms with Gasteiger partial charge in [-0.1, -0.05) is 18.5 Å². The van der Waals surface area contributed by atoms with E-state index in [1.54, 1.807) is 6.07 Å². The molecule has 2 rings (SSSR count).